The Labute approximate surface area is 163 Å². The molecule has 1 heterocycles. The van der Waals surface area contributed by atoms with Gasteiger partial charge in [0.15, 0.2) is 0 Å². The van der Waals surface area contributed by atoms with Gasteiger partial charge in [0.1, 0.15) is 6.07 Å². The first-order chi connectivity index (χ1) is 12.8. The van der Waals surface area contributed by atoms with Crippen LogP contribution in [0.1, 0.15) is 30.1 Å². The number of hydrogen-bond donors (Lipinski definition) is 2. The molecular weight excluding hydrogens is 386 g/mol. The van der Waals surface area contributed by atoms with Crippen LogP contribution in [0, 0.1) is 17.2 Å². The van der Waals surface area contributed by atoms with Crippen molar-refractivity contribution in [3.05, 3.63) is 58.6 Å². The summed E-state index contributed by atoms with van der Waals surface area (Å²) >= 11 is 5.90. The molecule has 8 heteroatoms. The van der Waals surface area contributed by atoms with E-state index in [4.69, 9.17) is 16.7 Å². The molecule has 0 amide bonds. The van der Waals surface area contributed by atoms with E-state index in [9.17, 15) is 18.8 Å². The van der Waals surface area contributed by atoms with Crippen molar-refractivity contribution in [2.45, 2.75) is 23.8 Å². The van der Waals surface area contributed by atoms with E-state index in [1.54, 1.807) is 18.2 Å². The number of nitrogens with two attached hydrogens (primary N) is 1. The molecule has 1 atom stereocenters. The molecule has 0 aromatic heterocycles. The van der Waals surface area contributed by atoms with Crippen LogP contribution in [-0.2, 0) is 10.0 Å². The minimum atomic E-state index is -3.85. The fourth-order valence-electron chi connectivity index (χ4n) is 3.45. The molecule has 2 aromatic carbocycles. The highest BCUT2D eigenvalue weighted by Gasteiger charge is 2.27. The molecule has 1 fully saturated rings. The van der Waals surface area contributed by atoms with Gasteiger partial charge in [0.05, 0.1) is 22.3 Å². The van der Waals surface area contributed by atoms with Crippen LogP contribution in [0.25, 0.3) is 0 Å². The van der Waals surface area contributed by atoms with E-state index < -0.39 is 16.1 Å². The summed E-state index contributed by atoms with van der Waals surface area (Å²) in [7, 11) is -3.85. The fraction of sp³-hybridized carbons (Fsp3) is 0.316. The zero-order valence-electron chi connectivity index (χ0n) is 14.5. The highest BCUT2D eigenvalue weighted by molar-refractivity contribution is 7.89. The van der Waals surface area contributed by atoms with E-state index in [1.807, 2.05) is 23.1 Å². The van der Waals surface area contributed by atoms with Crippen molar-refractivity contribution in [2.24, 2.45) is 11.1 Å². The zero-order valence-corrected chi connectivity index (χ0v) is 16.1. The molecule has 0 aliphatic carbocycles. The van der Waals surface area contributed by atoms with E-state index in [-0.39, 0.29) is 16.4 Å². The van der Waals surface area contributed by atoms with Gasteiger partial charge >= 0.3 is 0 Å². The summed E-state index contributed by atoms with van der Waals surface area (Å²) in [6.45, 7) is 1.33. The molecule has 0 radical (unpaired) electrons. The van der Waals surface area contributed by atoms with Gasteiger partial charge < -0.3 is 10.0 Å². The van der Waals surface area contributed by atoms with Crippen molar-refractivity contribution in [3.8, 4) is 6.07 Å². The Hall–Kier alpha value is -2.11. The first kappa shape index (κ1) is 19.6. The molecule has 3 N–H and O–H groups in total. The largest absolute Gasteiger partial charge is 0.388 e. The van der Waals surface area contributed by atoms with Gasteiger partial charge in [-0.2, -0.15) is 5.26 Å². The topological polar surface area (TPSA) is 107 Å². The molecule has 0 bridgehead atoms. The van der Waals surface area contributed by atoms with Gasteiger partial charge in [-0.05, 0) is 54.7 Å². The fourth-order valence-corrected chi connectivity index (χ4v) is 4.11. The van der Waals surface area contributed by atoms with Gasteiger partial charge in [-0.1, -0.05) is 23.7 Å². The smallest absolute Gasteiger partial charge is 0.238 e. The van der Waals surface area contributed by atoms with Gasteiger partial charge in [0.25, 0.3) is 0 Å². The number of rotatable bonds is 4. The minimum Gasteiger partial charge on any atom is -0.388 e. The van der Waals surface area contributed by atoms with Crippen LogP contribution >= 0.6 is 11.6 Å². The molecule has 1 aliphatic heterocycles. The summed E-state index contributed by atoms with van der Waals surface area (Å²) in [5.41, 5.74) is 1.80. The Morgan fingerprint density at radius 2 is 1.81 bits per heavy atom. The highest BCUT2D eigenvalue weighted by Crippen LogP contribution is 2.34. The Kier molecular flexibility index (Phi) is 5.72. The molecule has 0 saturated carbocycles. The van der Waals surface area contributed by atoms with E-state index in [0.29, 0.717) is 23.8 Å². The lowest BCUT2D eigenvalue weighted by atomic mass is 9.87. The van der Waals surface area contributed by atoms with Crippen LogP contribution in [-0.4, -0.2) is 26.6 Å². The van der Waals surface area contributed by atoms with Crippen LogP contribution in [0.15, 0.2) is 47.4 Å². The molecule has 6 nitrogen and oxygen atoms in total. The maximum absolute atomic E-state index is 11.5. The SMILES string of the molecule is N#Cc1cc(S(N)(=O)=O)ccc1N1CCC(C(O)c2ccc(Cl)cc2)CC1. The van der Waals surface area contributed by atoms with Crippen molar-refractivity contribution < 1.29 is 13.5 Å². The molecule has 1 saturated heterocycles. The predicted octanol–water partition coefficient (Wildman–Crippen LogP) is 2.81. The molecule has 3 rings (SSSR count). The summed E-state index contributed by atoms with van der Waals surface area (Å²) in [5.74, 6) is 0.108. The number of aliphatic hydroxyl groups is 1. The summed E-state index contributed by atoms with van der Waals surface area (Å²) in [5, 5.41) is 25.8. The molecule has 2 aromatic rings. The lowest BCUT2D eigenvalue weighted by Crippen LogP contribution is -2.36. The number of sulfonamides is 1. The Bertz CT molecular complexity index is 963. The van der Waals surface area contributed by atoms with Crippen LogP contribution < -0.4 is 10.0 Å². The molecule has 1 aliphatic rings. The second-order valence-corrected chi connectivity index (χ2v) is 8.65. The van der Waals surface area contributed by atoms with Gasteiger partial charge in [-0.3, -0.25) is 0 Å². The molecule has 27 heavy (non-hydrogen) atoms. The summed E-state index contributed by atoms with van der Waals surface area (Å²) in [4.78, 5) is 1.96. The van der Waals surface area contributed by atoms with Crippen LogP contribution in [0.3, 0.4) is 0 Å². The van der Waals surface area contributed by atoms with Crippen LogP contribution in [0.2, 0.25) is 5.02 Å². The number of halogens is 1. The number of aliphatic hydroxyl groups excluding tert-OH is 1. The van der Waals surface area contributed by atoms with Crippen LogP contribution in [0.4, 0.5) is 5.69 Å². The second kappa shape index (κ2) is 7.87. The number of piperidine rings is 1. The van der Waals surface area contributed by atoms with Gasteiger partial charge in [-0.25, -0.2) is 13.6 Å². The van der Waals surface area contributed by atoms with Crippen molar-refractivity contribution in [1.82, 2.24) is 0 Å². The molecule has 1 unspecified atom stereocenters. The van der Waals surface area contributed by atoms with E-state index >= 15 is 0 Å². The first-order valence-corrected chi connectivity index (χ1v) is 10.5. The summed E-state index contributed by atoms with van der Waals surface area (Å²) < 4.78 is 23.0. The maximum Gasteiger partial charge on any atom is 0.238 e. The zero-order chi connectivity index (χ0) is 19.6. The third kappa shape index (κ3) is 4.42. The third-order valence-corrected chi connectivity index (χ3v) is 6.12. The van der Waals surface area contributed by atoms with Gasteiger partial charge in [-0.15, -0.1) is 0 Å². The van der Waals surface area contributed by atoms with Gasteiger partial charge in [0.2, 0.25) is 10.0 Å². The van der Waals surface area contributed by atoms with Crippen molar-refractivity contribution in [1.29, 1.82) is 5.26 Å². The number of nitriles is 1. The summed E-state index contributed by atoms with van der Waals surface area (Å²) in [6.07, 6.45) is 0.946. The Morgan fingerprint density at radius 1 is 1.19 bits per heavy atom. The number of hydrogen-bond acceptors (Lipinski definition) is 5. The highest BCUT2D eigenvalue weighted by atomic mass is 35.5. The number of primary sulfonamides is 1. The predicted molar refractivity (Wildman–Crippen MR) is 104 cm³/mol. The van der Waals surface area contributed by atoms with Crippen molar-refractivity contribution >= 4 is 27.3 Å². The number of anilines is 1. The molecule has 0 spiro atoms. The second-order valence-electron chi connectivity index (χ2n) is 6.66. The average molecular weight is 406 g/mol. The lowest BCUT2D eigenvalue weighted by molar-refractivity contribution is 0.0930. The average Bonchev–Trinajstić information content (AvgIpc) is 2.67. The van der Waals surface area contributed by atoms with Crippen molar-refractivity contribution in [3.63, 3.8) is 0 Å². The minimum absolute atomic E-state index is 0.0733. The number of nitrogens with zero attached hydrogens (tertiary/aromatic N) is 2. The summed E-state index contributed by atoms with van der Waals surface area (Å²) in [6, 6.07) is 13.6. The van der Waals surface area contributed by atoms with E-state index in [1.165, 1.54) is 12.1 Å². The first-order valence-electron chi connectivity index (χ1n) is 8.55. The molecular formula is C19H20ClN3O3S. The molecule has 142 valence electrons. The Balaban J connectivity index is 1.72. The number of benzene rings is 2. The van der Waals surface area contributed by atoms with Crippen LogP contribution in [0.5, 0.6) is 0 Å². The Morgan fingerprint density at radius 3 is 2.37 bits per heavy atom. The van der Waals surface area contributed by atoms with Gasteiger partial charge in [0, 0.05) is 18.1 Å². The van der Waals surface area contributed by atoms with E-state index in [2.05, 4.69) is 0 Å². The standard InChI is InChI=1S/C19H20ClN3O3S/c20-16-3-1-13(2-4-16)19(24)14-7-9-23(10-8-14)18-6-5-17(27(22,25)26)11-15(18)12-21/h1-6,11,14,19,24H,7-10H2,(H2,22,25,26). The van der Waals surface area contributed by atoms with E-state index in [0.717, 1.165) is 18.4 Å². The quantitative estimate of drug-likeness (QED) is 0.813. The van der Waals surface area contributed by atoms with Crippen molar-refractivity contribution in [2.75, 3.05) is 18.0 Å². The lowest BCUT2D eigenvalue weighted by Gasteiger charge is -2.36. The maximum atomic E-state index is 11.5. The normalized spacial score (nSPS) is 16.7. The third-order valence-electron chi connectivity index (χ3n) is 4.96. The monoisotopic (exact) mass is 405 g/mol.